The molecule has 98 valence electrons. The fraction of sp³-hybridized carbons (Fsp3) is 0.235. The van der Waals surface area contributed by atoms with Gasteiger partial charge in [0.05, 0.1) is 0 Å². The highest BCUT2D eigenvalue weighted by molar-refractivity contribution is 5.75. The topological polar surface area (TPSA) is 43.1 Å². The summed E-state index contributed by atoms with van der Waals surface area (Å²) in [5, 5.41) is 0. The normalized spacial score (nSPS) is 12.1. The van der Waals surface area contributed by atoms with Gasteiger partial charge in [-0.1, -0.05) is 54.1 Å². The molecule has 0 spiro atoms. The van der Waals surface area contributed by atoms with Crippen LogP contribution in [0.25, 0.3) is 0 Å². The van der Waals surface area contributed by atoms with Crippen LogP contribution in [-0.2, 0) is 4.79 Å². The molecule has 2 heteroatoms. The number of nitrogens with two attached hydrogens (primary N) is 1. The summed E-state index contributed by atoms with van der Waals surface area (Å²) in [6.07, 6.45) is 0.341. The Morgan fingerprint density at radius 2 is 1.79 bits per heavy atom. The molecule has 0 aromatic heterocycles. The van der Waals surface area contributed by atoms with Crippen molar-refractivity contribution in [1.82, 2.24) is 0 Å². The quantitative estimate of drug-likeness (QED) is 0.892. The number of aryl methyl sites for hydroxylation is 2. The van der Waals surface area contributed by atoms with E-state index in [1.165, 1.54) is 16.7 Å². The largest absolute Gasteiger partial charge is 0.370 e. The lowest BCUT2D eigenvalue weighted by molar-refractivity contribution is -0.118. The molecule has 0 aliphatic carbocycles. The molecule has 0 bridgehead atoms. The lowest BCUT2D eigenvalue weighted by atomic mass is 9.85. The van der Waals surface area contributed by atoms with Crippen molar-refractivity contribution in [3.63, 3.8) is 0 Å². The summed E-state index contributed by atoms with van der Waals surface area (Å²) < 4.78 is 0. The third kappa shape index (κ3) is 3.22. The maximum absolute atomic E-state index is 11.4. The van der Waals surface area contributed by atoms with Crippen molar-refractivity contribution < 1.29 is 4.79 Å². The molecule has 2 aromatic carbocycles. The van der Waals surface area contributed by atoms with Gasteiger partial charge in [0, 0.05) is 12.3 Å². The molecule has 19 heavy (non-hydrogen) atoms. The van der Waals surface area contributed by atoms with Crippen molar-refractivity contribution in [2.24, 2.45) is 5.73 Å². The molecule has 2 N–H and O–H groups in total. The Kier molecular flexibility index (Phi) is 4.00. The zero-order valence-electron chi connectivity index (χ0n) is 11.4. The molecule has 0 heterocycles. The van der Waals surface area contributed by atoms with E-state index in [1.54, 1.807) is 0 Å². The van der Waals surface area contributed by atoms with E-state index in [0.29, 0.717) is 6.42 Å². The first-order valence-corrected chi connectivity index (χ1v) is 6.48. The Morgan fingerprint density at radius 3 is 2.37 bits per heavy atom. The molecule has 1 amide bonds. The van der Waals surface area contributed by atoms with Crippen LogP contribution in [0.15, 0.2) is 48.5 Å². The van der Waals surface area contributed by atoms with Gasteiger partial charge in [0.25, 0.3) is 0 Å². The van der Waals surface area contributed by atoms with E-state index in [9.17, 15) is 4.79 Å². The van der Waals surface area contributed by atoms with Crippen molar-refractivity contribution in [2.45, 2.75) is 26.2 Å². The molecule has 2 rings (SSSR count). The number of rotatable bonds is 4. The van der Waals surface area contributed by atoms with E-state index in [-0.39, 0.29) is 11.8 Å². The van der Waals surface area contributed by atoms with Crippen molar-refractivity contribution in [2.75, 3.05) is 0 Å². The highest BCUT2D eigenvalue weighted by atomic mass is 16.1. The summed E-state index contributed by atoms with van der Waals surface area (Å²) in [7, 11) is 0. The number of amides is 1. The van der Waals surface area contributed by atoms with E-state index in [1.807, 2.05) is 30.3 Å². The Bertz CT molecular complexity index is 575. The molecule has 0 fully saturated rings. The first kappa shape index (κ1) is 13.3. The standard InChI is InChI=1S/C17H19NO/c1-12-8-9-15(13(2)10-12)16(11-17(18)19)14-6-4-3-5-7-14/h3-10,16H,11H2,1-2H3,(H2,18,19)/t16-/m0/s1. The lowest BCUT2D eigenvalue weighted by Crippen LogP contribution is -2.16. The SMILES string of the molecule is Cc1ccc([C@@H](CC(N)=O)c2ccccc2)c(C)c1. The third-order valence-electron chi connectivity index (χ3n) is 3.41. The smallest absolute Gasteiger partial charge is 0.218 e. The lowest BCUT2D eigenvalue weighted by Gasteiger charge is -2.19. The number of carbonyl (C=O) groups is 1. The van der Waals surface area contributed by atoms with E-state index in [0.717, 1.165) is 5.56 Å². The van der Waals surface area contributed by atoms with Gasteiger partial charge in [-0.25, -0.2) is 0 Å². The van der Waals surface area contributed by atoms with Crippen LogP contribution < -0.4 is 5.73 Å². The predicted octanol–water partition coefficient (Wildman–Crippen LogP) is 3.31. The summed E-state index contributed by atoms with van der Waals surface area (Å²) in [5.41, 5.74) is 10.2. The maximum atomic E-state index is 11.4. The van der Waals surface area contributed by atoms with Gasteiger partial charge in [-0.3, -0.25) is 4.79 Å². The third-order valence-corrected chi connectivity index (χ3v) is 3.41. The average Bonchev–Trinajstić information content (AvgIpc) is 2.37. The summed E-state index contributed by atoms with van der Waals surface area (Å²) in [5.74, 6) is -0.229. The number of carbonyl (C=O) groups excluding carboxylic acids is 1. The van der Waals surface area contributed by atoms with Crippen LogP contribution in [0.4, 0.5) is 0 Å². The maximum Gasteiger partial charge on any atom is 0.218 e. The van der Waals surface area contributed by atoms with Crippen LogP contribution in [0.2, 0.25) is 0 Å². The minimum Gasteiger partial charge on any atom is -0.370 e. The van der Waals surface area contributed by atoms with Crippen LogP contribution in [-0.4, -0.2) is 5.91 Å². The van der Waals surface area contributed by atoms with Gasteiger partial charge in [-0.2, -0.15) is 0 Å². The Hall–Kier alpha value is -2.09. The fourth-order valence-corrected chi connectivity index (χ4v) is 2.51. The Labute approximate surface area is 114 Å². The number of hydrogen-bond donors (Lipinski definition) is 1. The minimum absolute atomic E-state index is 0.0410. The molecule has 2 aromatic rings. The van der Waals surface area contributed by atoms with Crippen LogP contribution in [0.5, 0.6) is 0 Å². The second-order valence-corrected chi connectivity index (χ2v) is 4.99. The van der Waals surface area contributed by atoms with Crippen molar-refractivity contribution in [3.8, 4) is 0 Å². The van der Waals surface area contributed by atoms with E-state index < -0.39 is 0 Å². The molecular weight excluding hydrogens is 234 g/mol. The highest BCUT2D eigenvalue weighted by Gasteiger charge is 2.18. The van der Waals surface area contributed by atoms with Crippen molar-refractivity contribution in [3.05, 3.63) is 70.8 Å². The average molecular weight is 253 g/mol. The van der Waals surface area contributed by atoms with Crippen LogP contribution in [0, 0.1) is 13.8 Å². The molecule has 0 unspecified atom stereocenters. The van der Waals surface area contributed by atoms with Gasteiger partial charge >= 0.3 is 0 Å². The molecule has 1 atom stereocenters. The zero-order valence-corrected chi connectivity index (χ0v) is 11.4. The molecule has 0 radical (unpaired) electrons. The van der Waals surface area contributed by atoms with Gasteiger partial charge < -0.3 is 5.73 Å². The molecule has 0 saturated heterocycles. The number of hydrogen-bond acceptors (Lipinski definition) is 1. The van der Waals surface area contributed by atoms with Crippen molar-refractivity contribution in [1.29, 1.82) is 0 Å². The number of benzene rings is 2. The van der Waals surface area contributed by atoms with E-state index in [4.69, 9.17) is 5.73 Å². The Morgan fingerprint density at radius 1 is 1.11 bits per heavy atom. The highest BCUT2D eigenvalue weighted by Crippen LogP contribution is 2.30. The second kappa shape index (κ2) is 5.70. The Balaban J connectivity index is 2.46. The molecule has 2 nitrogen and oxygen atoms in total. The van der Waals surface area contributed by atoms with E-state index in [2.05, 4.69) is 32.0 Å². The van der Waals surface area contributed by atoms with Crippen LogP contribution in [0.3, 0.4) is 0 Å². The summed E-state index contributed by atoms with van der Waals surface area (Å²) in [4.78, 5) is 11.4. The van der Waals surface area contributed by atoms with Gasteiger partial charge in [-0.05, 0) is 30.5 Å². The summed E-state index contributed by atoms with van der Waals surface area (Å²) in [6.45, 7) is 4.15. The fourth-order valence-electron chi connectivity index (χ4n) is 2.51. The zero-order chi connectivity index (χ0) is 13.8. The molecular formula is C17H19NO. The minimum atomic E-state index is -0.270. The molecule has 0 saturated carbocycles. The van der Waals surface area contributed by atoms with Gasteiger partial charge in [-0.15, -0.1) is 0 Å². The molecule has 0 aliphatic rings. The monoisotopic (exact) mass is 253 g/mol. The number of primary amides is 1. The van der Waals surface area contributed by atoms with Gasteiger partial charge in [0.2, 0.25) is 5.91 Å². The summed E-state index contributed by atoms with van der Waals surface area (Å²) in [6, 6.07) is 16.4. The van der Waals surface area contributed by atoms with Gasteiger partial charge in [0.1, 0.15) is 0 Å². The predicted molar refractivity (Wildman–Crippen MR) is 78.0 cm³/mol. The first-order valence-electron chi connectivity index (χ1n) is 6.48. The van der Waals surface area contributed by atoms with Crippen LogP contribution in [0.1, 0.15) is 34.6 Å². The molecule has 0 aliphatic heterocycles. The second-order valence-electron chi connectivity index (χ2n) is 4.99. The van der Waals surface area contributed by atoms with Crippen LogP contribution >= 0.6 is 0 Å². The van der Waals surface area contributed by atoms with E-state index >= 15 is 0 Å². The summed E-state index contributed by atoms with van der Waals surface area (Å²) >= 11 is 0. The van der Waals surface area contributed by atoms with Crippen molar-refractivity contribution >= 4 is 5.91 Å². The first-order chi connectivity index (χ1) is 9.08. The van der Waals surface area contributed by atoms with Gasteiger partial charge in [0.15, 0.2) is 0 Å².